The Balaban J connectivity index is 2.31. The van der Waals surface area contributed by atoms with E-state index in [4.69, 9.17) is 4.74 Å². The molecule has 0 N–H and O–H groups in total. The van der Waals surface area contributed by atoms with Crippen LogP contribution in [0.25, 0.3) is 0 Å². The van der Waals surface area contributed by atoms with E-state index in [0.29, 0.717) is 5.92 Å². The fraction of sp³-hybridized carbons (Fsp3) is 0.429. The van der Waals surface area contributed by atoms with Crippen LogP contribution in [0, 0.1) is 19.8 Å². The van der Waals surface area contributed by atoms with Gasteiger partial charge in [-0.05, 0) is 48.6 Å². The van der Waals surface area contributed by atoms with E-state index < -0.39 is 0 Å². The normalized spacial score (nSPS) is 11.8. The fourth-order valence-electron chi connectivity index (χ4n) is 2.88. The lowest BCUT2D eigenvalue weighted by molar-refractivity contribution is 0.271. The van der Waals surface area contributed by atoms with Crippen LogP contribution in [-0.2, 0) is 5.41 Å². The molecule has 0 heterocycles. The molecule has 0 amide bonds. The molecule has 0 aliphatic heterocycles. The van der Waals surface area contributed by atoms with Gasteiger partial charge in [0.2, 0.25) is 0 Å². The average Bonchev–Trinajstić information content (AvgIpc) is 2.45. The van der Waals surface area contributed by atoms with Gasteiger partial charge >= 0.3 is 0 Å². The molecule has 0 saturated carbocycles. The second-order valence-electron chi connectivity index (χ2n) is 7.18. The maximum absolute atomic E-state index is 5.84. The summed E-state index contributed by atoms with van der Waals surface area (Å²) >= 11 is 0. The number of aryl methyl sites for hydroxylation is 2. The van der Waals surface area contributed by atoms with Crippen molar-refractivity contribution >= 4 is 0 Å². The van der Waals surface area contributed by atoms with E-state index in [1.54, 1.807) is 0 Å². The van der Waals surface area contributed by atoms with Crippen LogP contribution >= 0.6 is 0 Å². The standard InChI is InChI=1S/C21H28O/c1-15(2)14-22-19-10-11-20(17(4)13-19)21(5,6)18-9-7-8-16(3)12-18/h7-13,15H,14H2,1-6H3. The zero-order chi connectivity index (χ0) is 16.3. The van der Waals surface area contributed by atoms with Crippen LogP contribution in [0.15, 0.2) is 42.5 Å². The van der Waals surface area contributed by atoms with Crippen LogP contribution in [0.1, 0.15) is 49.9 Å². The van der Waals surface area contributed by atoms with Crippen molar-refractivity contribution in [2.45, 2.75) is 47.0 Å². The van der Waals surface area contributed by atoms with Crippen molar-refractivity contribution in [1.29, 1.82) is 0 Å². The molecule has 22 heavy (non-hydrogen) atoms. The van der Waals surface area contributed by atoms with Gasteiger partial charge in [0.25, 0.3) is 0 Å². The monoisotopic (exact) mass is 296 g/mol. The Hall–Kier alpha value is -1.76. The second kappa shape index (κ2) is 6.56. The summed E-state index contributed by atoms with van der Waals surface area (Å²) in [6, 6.07) is 15.3. The minimum absolute atomic E-state index is 0.00726. The molecule has 0 aliphatic rings. The zero-order valence-corrected chi connectivity index (χ0v) is 14.7. The molecule has 0 bridgehead atoms. The van der Waals surface area contributed by atoms with Gasteiger partial charge in [-0.25, -0.2) is 0 Å². The number of rotatable bonds is 5. The van der Waals surface area contributed by atoms with E-state index in [0.717, 1.165) is 12.4 Å². The van der Waals surface area contributed by atoms with E-state index in [-0.39, 0.29) is 5.41 Å². The molecular formula is C21H28O. The van der Waals surface area contributed by atoms with Crippen molar-refractivity contribution in [3.8, 4) is 5.75 Å². The number of ether oxygens (including phenoxy) is 1. The smallest absolute Gasteiger partial charge is 0.119 e. The third-order valence-electron chi connectivity index (χ3n) is 4.19. The third-order valence-corrected chi connectivity index (χ3v) is 4.19. The SMILES string of the molecule is Cc1cccc(C(C)(C)c2ccc(OCC(C)C)cc2C)c1. The Kier molecular flexibility index (Phi) is 4.95. The highest BCUT2D eigenvalue weighted by atomic mass is 16.5. The van der Waals surface area contributed by atoms with Gasteiger partial charge in [-0.2, -0.15) is 0 Å². The lowest BCUT2D eigenvalue weighted by Crippen LogP contribution is -2.20. The molecule has 1 heteroatoms. The predicted molar refractivity (Wildman–Crippen MR) is 94.8 cm³/mol. The molecule has 118 valence electrons. The van der Waals surface area contributed by atoms with Crippen molar-refractivity contribution in [1.82, 2.24) is 0 Å². The molecule has 0 aliphatic carbocycles. The van der Waals surface area contributed by atoms with Crippen LogP contribution in [0.5, 0.6) is 5.75 Å². The third kappa shape index (κ3) is 3.71. The molecule has 0 radical (unpaired) electrons. The first kappa shape index (κ1) is 16.6. The summed E-state index contributed by atoms with van der Waals surface area (Å²) in [5, 5.41) is 0. The Morgan fingerprint density at radius 1 is 1.00 bits per heavy atom. The molecule has 0 spiro atoms. The lowest BCUT2D eigenvalue weighted by Gasteiger charge is -2.28. The fourth-order valence-corrected chi connectivity index (χ4v) is 2.88. The highest BCUT2D eigenvalue weighted by molar-refractivity contribution is 5.45. The molecule has 0 fully saturated rings. The molecule has 0 unspecified atom stereocenters. The minimum Gasteiger partial charge on any atom is -0.493 e. The van der Waals surface area contributed by atoms with Crippen molar-refractivity contribution < 1.29 is 4.74 Å². The van der Waals surface area contributed by atoms with Crippen LogP contribution in [-0.4, -0.2) is 6.61 Å². The van der Waals surface area contributed by atoms with Gasteiger partial charge < -0.3 is 4.74 Å². The Bertz CT molecular complexity index is 638. The number of hydrogen-bond donors (Lipinski definition) is 0. The summed E-state index contributed by atoms with van der Waals surface area (Å²) in [5.74, 6) is 1.51. The van der Waals surface area contributed by atoms with Gasteiger partial charge in [0, 0.05) is 5.41 Å². The number of benzene rings is 2. The summed E-state index contributed by atoms with van der Waals surface area (Å²) in [6.07, 6.45) is 0. The lowest BCUT2D eigenvalue weighted by atomic mass is 9.76. The van der Waals surface area contributed by atoms with Gasteiger partial charge in [0.15, 0.2) is 0 Å². The van der Waals surface area contributed by atoms with Gasteiger partial charge in [-0.15, -0.1) is 0 Å². The average molecular weight is 296 g/mol. The quantitative estimate of drug-likeness (QED) is 0.691. The molecular weight excluding hydrogens is 268 g/mol. The van der Waals surface area contributed by atoms with Crippen LogP contribution in [0.2, 0.25) is 0 Å². The van der Waals surface area contributed by atoms with Crippen molar-refractivity contribution in [3.63, 3.8) is 0 Å². The first-order valence-electron chi connectivity index (χ1n) is 8.12. The molecule has 0 atom stereocenters. The largest absolute Gasteiger partial charge is 0.493 e. The van der Waals surface area contributed by atoms with Gasteiger partial charge in [-0.1, -0.05) is 63.6 Å². The zero-order valence-electron chi connectivity index (χ0n) is 14.7. The highest BCUT2D eigenvalue weighted by Gasteiger charge is 2.25. The molecule has 2 aromatic rings. The van der Waals surface area contributed by atoms with Crippen molar-refractivity contribution in [2.75, 3.05) is 6.61 Å². The first-order valence-corrected chi connectivity index (χ1v) is 8.12. The van der Waals surface area contributed by atoms with Gasteiger partial charge in [0.05, 0.1) is 6.61 Å². The van der Waals surface area contributed by atoms with Crippen LogP contribution in [0.3, 0.4) is 0 Å². The summed E-state index contributed by atoms with van der Waals surface area (Å²) < 4.78 is 5.84. The van der Waals surface area contributed by atoms with Crippen molar-refractivity contribution in [2.24, 2.45) is 5.92 Å². The highest BCUT2D eigenvalue weighted by Crippen LogP contribution is 2.35. The van der Waals surface area contributed by atoms with Crippen LogP contribution in [0.4, 0.5) is 0 Å². The second-order valence-corrected chi connectivity index (χ2v) is 7.18. The Morgan fingerprint density at radius 2 is 1.73 bits per heavy atom. The number of hydrogen-bond acceptors (Lipinski definition) is 1. The summed E-state index contributed by atoms with van der Waals surface area (Å²) in [6.45, 7) is 14.0. The molecule has 2 aromatic carbocycles. The Morgan fingerprint density at radius 3 is 2.32 bits per heavy atom. The topological polar surface area (TPSA) is 9.23 Å². The molecule has 0 saturated heterocycles. The van der Waals surface area contributed by atoms with Gasteiger partial charge in [0.1, 0.15) is 5.75 Å². The molecule has 0 aromatic heterocycles. The minimum atomic E-state index is -0.00726. The predicted octanol–water partition coefficient (Wildman–Crippen LogP) is 5.66. The summed E-state index contributed by atoms with van der Waals surface area (Å²) in [4.78, 5) is 0. The summed E-state index contributed by atoms with van der Waals surface area (Å²) in [5.41, 5.74) is 5.29. The summed E-state index contributed by atoms with van der Waals surface area (Å²) in [7, 11) is 0. The van der Waals surface area contributed by atoms with E-state index in [2.05, 4.69) is 84.0 Å². The maximum atomic E-state index is 5.84. The molecule has 1 nitrogen and oxygen atoms in total. The van der Waals surface area contributed by atoms with E-state index in [1.165, 1.54) is 22.3 Å². The van der Waals surface area contributed by atoms with Gasteiger partial charge in [-0.3, -0.25) is 0 Å². The maximum Gasteiger partial charge on any atom is 0.119 e. The van der Waals surface area contributed by atoms with E-state index in [9.17, 15) is 0 Å². The molecule has 2 rings (SSSR count). The Labute approximate surface area is 135 Å². The van der Waals surface area contributed by atoms with E-state index >= 15 is 0 Å². The first-order chi connectivity index (χ1) is 10.3. The van der Waals surface area contributed by atoms with Crippen molar-refractivity contribution in [3.05, 3.63) is 64.7 Å². The van der Waals surface area contributed by atoms with Crippen LogP contribution < -0.4 is 4.74 Å². The van der Waals surface area contributed by atoms with E-state index in [1.807, 2.05) is 0 Å².